The molecule has 92 valence electrons. The first kappa shape index (κ1) is 11.9. The zero-order valence-electron chi connectivity index (χ0n) is 9.74. The first-order valence-corrected chi connectivity index (χ1v) is 6.45. The molecule has 1 saturated heterocycles. The van der Waals surface area contributed by atoms with Crippen LogP contribution >= 0.6 is 0 Å². The number of aliphatic hydroxyl groups excluding tert-OH is 1. The van der Waals surface area contributed by atoms with E-state index in [0.717, 1.165) is 18.9 Å². The Bertz CT molecular complexity index is 239. The van der Waals surface area contributed by atoms with Gasteiger partial charge in [-0.05, 0) is 18.8 Å². The Balaban J connectivity index is 1.60. The summed E-state index contributed by atoms with van der Waals surface area (Å²) in [5, 5.41) is 15.3. The summed E-state index contributed by atoms with van der Waals surface area (Å²) >= 11 is 0. The molecule has 0 aromatic rings. The van der Waals surface area contributed by atoms with Gasteiger partial charge in [-0.3, -0.25) is 4.79 Å². The number of amides is 1. The van der Waals surface area contributed by atoms with Gasteiger partial charge in [0.2, 0.25) is 5.91 Å². The van der Waals surface area contributed by atoms with Crippen LogP contribution in [0.2, 0.25) is 0 Å². The van der Waals surface area contributed by atoms with Crippen LogP contribution in [0.5, 0.6) is 0 Å². The fraction of sp³-hybridized carbons (Fsp3) is 0.917. The molecular weight excluding hydrogens is 204 g/mol. The number of carbonyl (C=O) groups is 1. The lowest BCUT2D eigenvalue weighted by molar-refractivity contribution is -0.122. The predicted molar refractivity (Wildman–Crippen MR) is 62.0 cm³/mol. The third-order valence-electron chi connectivity index (χ3n) is 3.75. The van der Waals surface area contributed by atoms with Crippen LogP contribution in [0, 0.1) is 5.92 Å². The van der Waals surface area contributed by atoms with Gasteiger partial charge >= 0.3 is 0 Å². The first-order valence-electron chi connectivity index (χ1n) is 6.45. The van der Waals surface area contributed by atoms with Gasteiger partial charge < -0.3 is 15.7 Å². The minimum absolute atomic E-state index is 0.0505. The second kappa shape index (κ2) is 5.64. The SMILES string of the molecule is O=C(NCCC1CCCC1)C1CC(O)CN1. The second-order valence-corrected chi connectivity index (χ2v) is 5.08. The highest BCUT2D eigenvalue weighted by Crippen LogP contribution is 2.26. The number of nitrogens with one attached hydrogen (secondary N) is 2. The van der Waals surface area contributed by atoms with Crippen molar-refractivity contribution in [2.45, 2.75) is 50.7 Å². The summed E-state index contributed by atoms with van der Waals surface area (Å²) in [5.74, 6) is 0.872. The van der Waals surface area contributed by atoms with Crippen LogP contribution in [-0.2, 0) is 4.79 Å². The molecule has 2 atom stereocenters. The summed E-state index contributed by atoms with van der Waals surface area (Å²) in [5.41, 5.74) is 0. The van der Waals surface area contributed by atoms with E-state index in [2.05, 4.69) is 10.6 Å². The van der Waals surface area contributed by atoms with Gasteiger partial charge in [-0.25, -0.2) is 0 Å². The van der Waals surface area contributed by atoms with E-state index in [4.69, 9.17) is 0 Å². The van der Waals surface area contributed by atoms with Crippen molar-refractivity contribution in [3.63, 3.8) is 0 Å². The van der Waals surface area contributed by atoms with E-state index in [9.17, 15) is 9.90 Å². The maximum absolute atomic E-state index is 11.7. The fourth-order valence-electron chi connectivity index (χ4n) is 2.74. The summed E-state index contributed by atoms with van der Waals surface area (Å²) in [6.07, 6.45) is 6.68. The summed E-state index contributed by atoms with van der Waals surface area (Å²) in [4.78, 5) is 11.7. The van der Waals surface area contributed by atoms with E-state index in [1.54, 1.807) is 0 Å². The average Bonchev–Trinajstić information content (AvgIpc) is 2.89. The fourth-order valence-corrected chi connectivity index (χ4v) is 2.74. The maximum atomic E-state index is 11.7. The molecule has 0 spiro atoms. The Morgan fingerprint density at radius 3 is 2.75 bits per heavy atom. The van der Waals surface area contributed by atoms with Gasteiger partial charge in [0, 0.05) is 13.1 Å². The van der Waals surface area contributed by atoms with Crippen molar-refractivity contribution in [2.24, 2.45) is 5.92 Å². The van der Waals surface area contributed by atoms with Crippen LogP contribution in [0.15, 0.2) is 0 Å². The Morgan fingerprint density at radius 2 is 2.12 bits per heavy atom. The van der Waals surface area contributed by atoms with E-state index in [1.165, 1.54) is 25.7 Å². The van der Waals surface area contributed by atoms with Crippen molar-refractivity contribution in [1.82, 2.24) is 10.6 Å². The number of carbonyl (C=O) groups excluding carboxylic acids is 1. The van der Waals surface area contributed by atoms with E-state index in [1.807, 2.05) is 0 Å². The molecule has 1 aliphatic heterocycles. The van der Waals surface area contributed by atoms with Gasteiger partial charge in [0.25, 0.3) is 0 Å². The second-order valence-electron chi connectivity index (χ2n) is 5.08. The topological polar surface area (TPSA) is 61.4 Å². The summed E-state index contributed by atoms with van der Waals surface area (Å²) < 4.78 is 0. The molecule has 16 heavy (non-hydrogen) atoms. The van der Waals surface area contributed by atoms with E-state index >= 15 is 0 Å². The molecule has 1 heterocycles. The van der Waals surface area contributed by atoms with Crippen LogP contribution < -0.4 is 10.6 Å². The van der Waals surface area contributed by atoms with Crippen molar-refractivity contribution in [2.75, 3.05) is 13.1 Å². The van der Waals surface area contributed by atoms with E-state index in [0.29, 0.717) is 13.0 Å². The largest absolute Gasteiger partial charge is 0.392 e. The van der Waals surface area contributed by atoms with Crippen LogP contribution in [-0.4, -0.2) is 36.2 Å². The Morgan fingerprint density at radius 1 is 1.38 bits per heavy atom. The highest BCUT2D eigenvalue weighted by atomic mass is 16.3. The molecular formula is C12H22N2O2. The molecule has 0 radical (unpaired) electrons. The first-order chi connectivity index (χ1) is 7.75. The highest BCUT2D eigenvalue weighted by Gasteiger charge is 2.27. The standard InChI is InChI=1S/C12H22N2O2/c15-10-7-11(14-8-10)12(16)13-6-5-9-3-1-2-4-9/h9-11,14-15H,1-8H2,(H,13,16). The van der Waals surface area contributed by atoms with Crippen molar-refractivity contribution >= 4 is 5.91 Å². The third-order valence-corrected chi connectivity index (χ3v) is 3.75. The Hall–Kier alpha value is -0.610. The monoisotopic (exact) mass is 226 g/mol. The zero-order chi connectivity index (χ0) is 11.4. The van der Waals surface area contributed by atoms with Crippen LogP contribution in [0.1, 0.15) is 38.5 Å². The smallest absolute Gasteiger partial charge is 0.237 e. The third kappa shape index (κ3) is 3.19. The number of hydrogen-bond donors (Lipinski definition) is 3. The molecule has 1 saturated carbocycles. The lowest BCUT2D eigenvalue weighted by Gasteiger charge is -2.13. The molecule has 4 nitrogen and oxygen atoms in total. The molecule has 3 N–H and O–H groups in total. The zero-order valence-corrected chi connectivity index (χ0v) is 9.74. The summed E-state index contributed by atoms with van der Waals surface area (Å²) in [6.45, 7) is 1.33. The molecule has 2 unspecified atom stereocenters. The Labute approximate surface area is 96.8 Å². The molecule has 2 aliphatic rings. The van der Waals surface area contributed by atoms with Crippen molar-refractivity contribution in [3.8, 4) is 0 Å². The number of aliphatic hydroxyl groups is 1. The molecule has 0 bridgehead atoms. The molecule has 4 heteroatoms. The molecule has 2 fully saturated rings. The minimum atomic E-state index is -0.356. The summed E-state index contributed by atoms with van der Waals surface area (Å²) in [7, 11) is 0. The molecule has 0 aromatic heterocycles. The lowest BCUT2D eigenvalue weighted by atomic mass is 10.0. The van der Waals surface area contributed by atoms with Gasteiger partial charge in [0.15, 0.2) is 0 Å². The quantitative estimate of drug-likeness (QED) is 0.650. The average molecular weight is 226 g/mol. The lowest BCUT2D eigenvalue weighted by Crippen LogP contribution is -2.41. The number of rotatable bonds is 4. The Kier molecular flexibility index (Phi) is 4.18. The normalized spacial score (nSPS) is 30.8. The minimum Gasteiger partial charge on any atom is -0.392 e. The van der Waals surface area contributed by atoms with Gasteiger partial charge in [-0.15, -0.1) is 0 Å². The number of β-amino-alcohol motifs (C(OH)–C–C–N with tert-alkyl or cyclic N) is 1. The van der Waals surface area contributed by atoms with Crippen molar-refractivity contribution in [1.29, 1.82) is 0 Å². The summed E-state index contributed by atoms with van der Waals surface area (Å²) in [6, 6.07) is -0.182. The van der Waals surface area contributed by atoms with Crippen molar-refractivity contribution in [3.05, 3.63) is 0 Å². The van der Waals surface area contributed by atoms with E-state index in [-0.39, 0.29) is 18.1 Å². The molecule has 2 rings (SSSR count). The van der Waals surface area contributed by atoms with Crippen LogP contribution in [0.25, 0.3) is 0 Å². The van der Waals surface area contributed by atoms with Crippen molar-refractivity contribution < 1.29 is 9.90 Å². The number of hydrogen-bond acceptors (Lipinski definition) is 3. The van der Waals surface area contributed by atoms with Gasteiger partial charge in [-0.2, -0.15) is 0 Å². The highest BCUT2D eigenvalue weighted by molar-refractivity contribution is 5.82. The van der Waals surface area contributed by atoms with Crippen LogP contribution in [0.3, 0.4) is 0 Å². The molecule has 1 amide bonds. The molecule has 1 aliphatic carbocycles. The van der Waals surface area contributed by atoms with Gasteiger partial charge in [-0.1, -0.05) is 25.7 Å². The van der Waals surface area contributed by atoms with Gasteiger partial charge in [0.1, 0.15) is 0 Å². The van der Waals surface area contributed by atoms with Gasteiger partial charge in [0.05, 0.1) is 12.1 Å². The maximum Gasteiger partial charge on any atom is 0.237 e. The van der Waals surface area contributed by atoms with Crippen LogP contribution in [0.4, 0.5) is 0 Å². The predicted octanol–water partition coefficient (Wildman–Crippen LogP) is 0.406. The van der Waals surface area contributed by atoms with E-state index < -0.39 is 0 Å². The molecule has 0 aromatic carbocycles.